The molecular weight excluding hydrogens is 298 g/mol. The summed E-state index contributed by atoms with van der Waals surface area (Å²) in [5.41, 5.74) is 10.7. The Bertz CT molecular complexity index is 537. The van der Waals surface area contributed by atoms with Gasteiger partial charge in [0, 0.05) is 10.5 Å². The topological polar surface area (TPSA) is 26.0 Å². The van der Waals surface area contributed by atoms with Gasteiger partial charge in [-0.2, -0.15) is 0 Å². The maximum Gasteiger partial charge on any atom is 0.0175 e. The van der Waals surface area contributed by atoms with E-state index in [0.29, 0.717) is 5.92 Å². The van der Waals surface area contributed by atoms with Crippen molar-refractivity contribution in [3.8, 4) is 0 Å². The van der Waals surface area contributed by atoms with Gasteiger partial charge in [0.2, 0.25) is 0 Å². The first-order valence-electron chi connectivity index (χ1n) is 6.79. The minimum absolute atomic E-state index is 0.244. The lowest BCUT2D eigenvalue weighted by atomic mass is 9.92. The van der Waals surface area contributed by atoms with Crippen LogP contribution in [0, 0.1) is 5.92 Å². The molecule has 98 valence electrons. The van der Waals surface area contributed by atoms with Crippen molar-refractivity contribution in [1.82, 2.24) is 0 Å². The number of benzene rings is 2. The van der Waals surface area contributed by atoms with Crippen molar-refractivity contribution in [1.29, 1.82) is 0 Å². The number of fused-ring (bicyclic) bond motifs is 1. The fourth-order valence-corrected chi connectivity index (χ4v) is 3.22. The van der Waals surface area contributed by atoms with Crippen molar-refractivity contribution in [3.63, 3.8) is 0 Å². The number of nitrogens with two attached hydrogens (primary N) is 1. The Balaban J connectivity index is 1.66. The van der Waals surface area contributed by atoms with Gasteiger partial charge in [-0.05, 0) is 54.0 Å². The van der Waals surface area contributed by atoms with Crippen LogP contribution in [0.3, 0.4) is 0 Å². The van der Waals surface area contributed by atoms with Crippen molar-refractivity contribution in [3.05, 3.63) is 69.7 Å². The second-order valence-electron chi connectivity index (χ2n) is 5.43. The van der Waals surface area contributed by atoms with E-state index in [2.05, 4.69) is 64.5 Å². The number of rotatable bonds is 3. The summed E-state index contributed by atoms with van der Waals surface area (Å²) >= 11 is 3.47. The molecule has 0 aliphatic heterocycles. The molecule has 0 heterocycles. The van der Waals surface area contributed by atoms with Gasteiger partial charge in [0.1, 0.15) is 0 Å². The smallest absolute Gasteiger partial charge is 0.0175 e. The third-order valence-corrected chi connectivity index (χ3v) is 4.60. The summed E-state index contributed by atoms with van der Waals surface area (Å²) in [6, 6.07) is 17.5. The molecule has 0 bridgehead atoms. The zero-order valence-corrected chi connectivity index (χ0v) is 12.4. The van der Waals surface area contributed by atoms with Crippen molar-refractivity contribution in [2.45, 2.75) is 25.3 Å². The summed E-state index contributed by atoms with van der Waals surface area (Å²) < 4.78 is 1.12. The highest BCUT2D eigenvalue weighted by molar-refractivity contribution is 9.10. The SMILES string of the molecule is NC(Cc1ccc(Br)cc1)C1Cc2ccccc2C1. The molecule has 0 fully saturated rings. The first-order chi connectivity index (χ1) is 9.22. The Labute approximate surface area is 123 Å². The second-order valence-corrected chi connectivity index (χ2v) is 6.35. The maximum atomic E-state index is 6.42. The quantitative estimate of drug-likeness (QED) is 0.917. The molecule has 0 spiro atoms. The molecule has 2 aromatic rings. The highest BCUT2D eigenvalue weighted by Gasteiger charge is 2.26. The lowest BCUT2D eigenvalue weighted by Crippen LogP contribution is -2.32. The van der Waals surface area contributed by atoms with Crippen LogP contribution < -0.4 is 5.73 Å². The molecular formula is C17H18BrN. The molecule has 0 amide bonds. The molecule has 19 heavy (non-hydrogen) atoms. The molecule has 2 heteroatoms. The Morgan fingerprint density at radius 1 is 1.00 bits per heavy atom. The normalized spacial score (nSPS) is 16.3. The third-order valence-electron chi connectivity index (χ3n) is 4.07. The second kappa shape index (κ2) is 5.48. The zero-order valence-electron chi connectivity index (χ0n) is 10.9. The van der Waals surface area contributed by atoms with Crippen LogP contribution in [0.2, 0.25) is 0 Å². The summed E-state index contributed by atoms with van der Waals surface area (Å²) in [4.78, 5) is 0. The van der Waals surface area contributed by atoms with Crippen LogP contribution in [0.25, 0.3) is 0 Å². The number of halogens is 1. The van der Waals surface area contributed by atoms with Crippen molar-refractivity contribution in [2.75, 3.05) is 0 Å². The zero-order chi connectivity index (χ0) is 13.2. The third kappa shape index (κ3) is 2.90. The van der Waals surface area contributed by atoms with E-state index in [1.165, 1.54) is 16.7 Å². The standard InChI is InChI=1S/C17H18BrN/c18-16-7-5-12(6-8-16)9-17(19)15-10-13-3-1-2-4-14(13)11-15/h1-8,15,17H,9-11,19H2. The molecule has 1 atom stereocenters. The van der Waals surface area contributed by atoms with Crippen LogP contribution in [0.1, 0.15) is 16.7 Å². The minimum atomic E-state index is 0.244. The van der Waals surface area contributed by atoms with Gasteiger partial charge in [0.25, 0.3) is 0 Å². The van der Waals surface area contributed by atoms with Crippen LogP contribution in [0.15, 0.2) is 53.0 Å². The predicted octanol–water partition coefficient (Wildman–Crippen LogP) is 3.73. The number of hydrogen-bond donors (Lipinski definition) is 1. The van der Waals surface area contributed by atoms with Crippen molar-refractivity contribution < 1.29 is 0 Å². The predicted molar refractivity (Wildman–Crippen MR) is 83.2 cm³/mol. The Kier molecular flexibility index (Phi) is 3.72. The van der Waals surface area contributed by atoms with Crippen LogP contribution in [0.5, 0.6) is 0 Å². The molecule has 0 saturated carbocycles. The van der Waals surface area contributed by atoms with Gasteiger partial charge in [-0.1, -0.05) is 52.3 Å². The minimum Gasteiger partial charge on any atom is -0.327 e. The Morgan fingerprint density at radius 2 is 1.58 bits per heavy atom. The van der Waals surface area contributed by atoms with E-state index in [9.17, 15) is 0 Å². The maximum absolute atomic E-state index is 6.42. The van der Waals surface area contributed by atoms with Gasteiger partial charge in [0.15, 0.2) is 0 Å². The summed E-state index contributed by atoms with van der Waals surface area (Å²) in [7, 11) is 0. The fraction of sp³-hybridized carbons (Fsp3) is 0.294. The van der Waals surface area contributed by atoms with Gasteiger partial charge in [-0.15, -0.1) is 0 Å². The summed E-state index contributed by atoms with van der Waals surface area (Å²) in [5, 5.41) is 0. The molecule has 0 saturated heterocycles. The summed E-state index contributed by atoms with van der Waals surface area (Å²) in [6.45, 7) is 0. The average molecular weight is 316 g/mol. The molecule has 3 rings (SSSR count). The first kappa shape index (κ1) is 12.9. The van der Waals surface area contributed by atoms with E-state index in [1.54, 1.807) is 0 Å². The van der Waals surface area contributed by atoms with E-state index < -0.39 is 0 Å². The van der Waals surface area contributed by atoms with Gasteiger partial charge in [0.05, 0.1) is 0 Å². The largest absolute Gasteiger partial charge is 0.327 e. The van der Waals surface area contributed by atoms with Crippen molar-refractivity contribution >= 4 is 15.9 Å². The average Bonchev–Trinajstić information content (AvgIpc) is 2.85. The molecule has 2 aromatic carbocycles. The monoisotopic (exact) mass is 315 g/mol. The van der Waals surface area contributed by atoms with E-state index in [0.717, 1.165) is 23.7 Å². The van der Waals surface area contributed by atoms with Gasteiger partial charge in [-0.3, -0.25) is 0 Å². The van der Waals surface area contributed by atoms with E-state index in [-0.39, 0.29) is 6.04 Å². The van der Waals surface area contributed by atoms with E-state index in [1.807, 2.05) is 0 Å². The van der Waals surface area contributed by atoms with Gasteiger partial charge >= 0.3 is 0 Å². The molecule has 1 nitrogen and oxygen atoms in total. The van der Waals surface area contributed by atoms with E-state index >= 15 is 0 Å². The van der Waals surface area contributed by atoms with E-state index in [4.69, 9.17) is 5.73 Å². The highest BCUT2D eigenvalue weighted by atomic mass is 79.9. The molecule has 0 aromatic heterocycles. The first-order valence-corrected chi connectivity index (χ1v) is 7.58. The molecule has 2 N–H and O–H groups in total. The Hall–Kier alpha value is -1.12. The van der Waals surface area contributed by atoms with Crippen LogP contribution in [-0.2, 0) is 19.3 Å². The molecule has 0 radical (unpaired) electrons. The van der Waals surface area contributed by atoms with Gasteiger partial charge in [-0.25, -0.2) is 0 Å². The lowest BCUT2D eigenvalue weighted by molar-refractivity contribution is 0.437. The van der Waals surface area contributed by atoms with Crippen molar-refractivity contribution in [2.24, 2.45) is 11.7 Å². The summed E-state index contributed by atoms with van der Waals surface area (Å²) in [6.07, 6.45) is 3.23. The van der Waals surface area contributed by atoms with Gasteiger partial charge < -0.3 is 5.73 Å². The molecule has 1 aliphatic rings. The molecule has 1 unspecified atom stereocenters. The summed E-state index contributed by atoms with van der Waals surface area (Å²) in [5.74, 6) is 0.584. The van der Waals surface area contributed by atoms with Crippen LogP contribution >= 0.6 is 15.9 Å². The lowest BCUT2D eigenvalue weighted by Gasteiger charge is -2.19. The van der Waals surface area contributed by atoms with Crippen LogP contribution in [-0.4, -0.2) is 6.04 Å². The highest BCUT2D eigenvalue weighted by Crippen LogP contribution is 2.29. The fourth-order valence-electron chi connectivity index (χ4n) is 2.95. The number of hydrogen-bond acceptors (Lipinski definition) is 1. The Morgan fingerprint density at radius 3 is 2.16 bits per heavy atom. The van der Waals surface area contributed by atoms with Crippen LogP contribution in [0.4, 0.5) is 0 Å². The molecule has 1 aliphatic carbocycles.